The molecule has 1 aliphatic rings. The Bertz CT molecular complexity index is 317. The lowest BCUT2D eigenvalue weighted by atomic mass is 9.67. The summed E-state index contributed by atoms with van der Waals surface area (Å²) in [5.41, 5.74) is 0.356. The van der Waals surface area contributed by atoms with Gasteiger partial charge in [0, 0.05) is 0 Å². The number of carbonyl (C=O) groups excluding carboxylic acids is 1. The number of hydrogen-bond donors (Lipinski definition) is 0. The third kappa shape index (κ3) is 3.56. The summed E-state index contributed by atoms with van der Waals surface area (Å²) < 4.78 is 10.4. The Kier molecular flexibility index (Phi) is 4.03. The maximum atomic E-state index is 12.3. The largest absolute Gasteiger partial charge is 0.462 e. The van der Waals surface area contributed by atoms with Crippen LogP contribution in [0.1, 0.15) is 41.5 Å². The van der Waals surface area contributed by atoms with Gasteiger partial charge in [-0.05, 0) is 26.2 Å². The quantitative estimate of drug-likeness (QED) is 0.431. The molecule has 0 amide bonds. The number of allylic oxidation sites excluding steroid dienone is 1. The fourth-order valence-electron chi connectivity index (χ4n) is 1.64. The molecule has 0 aromatic rings. The Morgan fingerprint density at radius 1 is 1.35 bits per heavy atom. The highest BCUT2D eigenvalue weighted by Crippen LogP contribution is 2.41. The average Bonchev–Trinajstić information content (AvgIpc) is 2.94. The summed E-state index contributed by atoms with van der Waals surface area (Å²) in [6, 6.07) is 0. The van der Waals surface area contributed by atoms with E-state index >= 15 is 0 Å². The van der Waals surface area contributed by atoms with Crippen molar-refractivity contribution < 1.29 is 14.3 Å². The molecule has 17 heavy (non-hydrogen) atoms. The summed E-state index contributed by atoms with van der Waals surface area (Å²) in [6.45, 7) is 13.2. The molecule has 0 aromatic heterocycles. The van der Waals surface area contributed by atoms with Crippen molar-refractivity contribution >= 4 is 5.97 Å². The molecule has 1 rings (SSSR count). The first-order valence-corrected chi connectivity index (χ1v) is 6.12. The monoisotopic (exact) mass is 240 g/mol. The zero-order valence-corrected chi connectivity index (χ0v) is 11.8. The number of carbonyl (C=O) groups is 1. The van der Waals surface area contributed by atoms with Crippen LogP contribution in [0, 0.1) is 10.8 Å². The molecule has 3 nitrogen and oxygen atoms in total. The van der Waals surface area contributed by atoms with Crippen LogP contribution in [0.2, 0.25) is 0 Å². The molecule has 1 heterocycles. The first kappa shape index (κ1) is 14.2. The Morgan fingerprint density at radius 3 is 2.24 bits per heavy atom. The van der Waals surface area contributed by atoms with E-state index in [0.29, 0.717) is 13.2 Å². The minimum atomic E-state index is -0.597. The maximum absolute atomic E-state index is 12.3. The van der Waals surface area contributed by atoms with Crippen LogP contribution >= 0.6 is 0 Å². The molecular weight excluding hydrogens is 216 g/mol. The highest BCUT2D eigenvalue weighted by atomic mass is 16.6. The highest BCUT2D eigenvalue weighted by Gasteiger charge is 2.44. The third-order valence-electron chi connectivity index (χ3n) is 3.36. The van der Waals surface area contributed by atoms with E-state index in [9.17, 15) is 4.79 Å². The summed E-state index contributed by atoms with van der Waals surface area (Å²) in [4.78, 5) is 12.3. The first-order chi connectivity index (χ1) is 7.67. The summed E-state index contributed by atoms with van der Waals surface area (Å²) in [6.07, 6.45) is 2.12. The van der Waals surface area contributed by atoms with Gasteiger partial charge in [-0.2, -0.15) is 0 Å². The molecule has 0 saturated carbocycles. The molecular formula is C14H24O3. The van der Waals surface area contributed by atoms with Gasteiger partial charge in [-0.15, -0.1) is 0 Å². The van der Waals surface area contributed by atoms with Gasteiger partial charge in [0.15, 0.2) is 0 Å². The minimum absolute atomic E-state index is 0.120. The lowest BCUT2D eigenvalue weighted by Crippen LogP contribution is -2.40. The van der Waals surface area contributed by atoms with Crippen LogP contribution in [0.25, 0.3) is 0 Å². The maximum Gasteiger partial charge on any atom is 0.316 e. The summed E-state index contributed by atoms with van der Waals surface area (Å²) in [5.74, 6) is -0.165. The van der Waals surface area contributed by atoms with Crippen molar-refractivity contribution in [3.63, 3.8) is 0 Å². The molecule has 0 bridgehead atoms. The van der Waals surface area contributed by atoms with Crippen molar-refractivity contribution in [3.05, 3.63) is 11.6 Å². The molecule has 0 radical (unpaired) electrons. The molecule has 1 saturated heterocycles. The second kappa shape index (κ2) is 4.81. The van der Waals surface area contributed by atoms with E-state index in [4.69, 9.17) is 9.47 Å². The molecule has 2 atom stereocenters. The van der Waals surface area contributed by atoms with Crippen molar-refractivity contribution in [1.82, 2.24) is 0 Å². The predicted molar refractivity (Wildman–Crippen MR) is 67.7 cm³/mol. The highest BCUT2D eigenvalue weighted by molar-refractivity contribution is 5.79. The third-order valence-corrected chi connectivity index (χ3v) is 3.36. The smallest absolute Gasteiger partial charge is 0.316 e. The van der Waals surface area contributed by atoms with Crippen LogP contribution in [0.15, 0.2) is 11.6 Å². The van der Waals surface area contributed by atoms with Crippen LogP contribution in [0.4, 0.5) is 0 Å². The fraction of sp³-hybridized carbons (Fsp3) is 0.786. The summed E-state index contributed by atoms with van der Waals surface area (Å²) in [5, 5.41) is 0. The molecule has 0 spiro atoms. The predicted octanol–water partition coefficient (Wildman–Crippen LogP) is 2.95. The second-order valence-corrected chi connectivity index (χ2v) is 6.23. The zero-order chi connectivity index (χ0) is 13.3. The zero-order valence-electron chi connectivity index (χ0n) is 11.8. The lowest BCUT2D eigenvalue weighted by Gasteiger charge is -2.37. The number of ether oxygens (including phenoxy) is 2. The van der Waals surface area contributed by atoms with E-state index in [1.165, 1.54) is 0 Å². The van der Waals surface area contributed by atoms with E-state index in [0.717, 1.165) is 5.57 Å². The van der Waals surface area contributed by atoms with E-state index < -0.39 is 5.41 Å². The molecule has 2 unspecified atom stereocenters. The standard InChI is InChI=1S/C14H24O3/c1-10(2)7-14(6,13(3,4)5)12(15)17-9-11-8-16-11/h7,11H,8-9H2,1-6H3. The van der Waals surface area contributed by atoms with Crippen LogP contribution in [-0.4, -0.2) is 25.3 Å². The summed E-state index contributed by atoms with van der Waals surface area (Å²) in [7, 11) is 0. The molecule has 1 aliphatic heterocycles. The fourth-order valence-corrected chi connectivity index (χ4v) is 1.64. The van der Waals surface area contributed by atoms with Gasteiger partial charge in [-0.25, -0.2) is 0 Å². The van der Waals surface area contributed by atoms with Crippen LogP contribution in [0.5, 0.6) is 0 Å². The number of rotatable bonds is 4. The van der Waals surface area contributed by atoms with Crippen molar-refractivity contribution in [3.8, 4) is 0 Å². The van der Waals surface area contributed by atoms with E-state index in [-0.39, 0.29) is 17.5 Å². The van der Waals surface area contributed by atoms with Crippen molar-refractivity contribution in [2.75, 3.05) is 13.2 Å². The second-order valence-electron chi connectivity index (χ2n) is 6.23. The van der Waals surface area contributed by atoms with Crippen LogP contribution in [-0.2, 0) is 14.3 Å². The molecule has 1 fully saturated rings. The molecule has 3 heteroatoms. The Morgan fingerprint density at radius 2 is 1.88 bits per heavy atom. The molecule has 0 aromatic carbocycles. The van der Waals surface area contributed by atoms with E-state index in [1.54, 1.807) is 0 Å². The molecule has 98 valence electrons. The van der Waals surface area contributed by atoms with Crippen molar-refractivity contribution in [1.29, 1.82) is 0 Å². The Hall–Kier alpha value is -0.830. The van der Waals surface area contributed by atoms with Crippen molar-refractivity contribution in [2.24, 2.45) is 10.8 Å². The Balaban J connectivity index is 2.80. The normalized spacial score (nSPS) is 22.6. The number of hydrogen-bond acceptors (Lipinski definition) is 3. The number of epoxide rings is 1. The average molecular weight is 240 g/mol. The minimum Gasteiger partial charge on any atom is -0.462 e. The van der Waals surface area contributed by atoms with Gasteiger partial charge in [-0.3, -0.25) is 4.79 Å². The van der Waals surface area contributed by atoms with Crippen molar-refractivity contribution in [2.45, 2.75) is 47.6 Å². The Labute approximate surface area is 104 Å². The molecule has 0 N–H and O–H groups in total. The first-order valence-electron chi connectivity index (χ1n) is 6.12. The van der Waals surface area contributed by atoms with Gasteiger partial charge in [0.1, 0.15) is 12.7 Å². The van der Waals surface area contributed by atoms with Gasteiger partial charge in [-0.1, -0.05) is 32.4 Å². The van der Waals surface area contributed by atoms with Crippen LogP contribution in [0.3, 0.4) is 0 Å². The van der Waals surface area contributed by atoms with E-state index in [2.05, 4.69) is 20.8 Å². The SMILES string of the molecule is CC(C)=CC(C)(C(=O)OCC1CO1)C(C)(C)C. The van der Waals surface area contributed by atoms with Gasteiger partial charge in [0.25, 0.3) is 0 Å². The lowest BCUT2D eigenvalue weighted by molar-refractivity contribution is -0.158. The van der Waals surface area contributed by atoms with Crippen LogP contribution < -0.4 is 0 Å². The number of esters is 1. The molecule has 0 aliphatic carbocycles. The van der Waals surface area contributed by atoms with E-state index in [1.807, 2.05) is 26.8 Å². The van der Waals surface area contributed by atoms with Gasteiger partial charge in [0.05, 0.1) is 12.0 Å². The summed E-state index contributed by atoms with van der Waals surface area (Å²) >= 11 is 0. The van der Waals surface area contributed by atoms with Gasteiger partial charge >= 0.3 is 5.97 Å². The van der Waals surface area contributed by atoms with Gasteiger partial charge in [0.2, 0.25) is 0 Å². The van der Waals surface area contributed by atoms with Gasteiger partial charge < -0.3 is 9.47 Å². The topological polar surface area (TPSA) is 38.8 Å².